The van der Waals surface area contributed by atoms with Crippen molar-refractivity contribution in [3.05, 3.63) is 251 Å². The second-order valence-electron chi connectivity index (χ2n) is 37.0. The number of hydrogen-bond donors (Lipinski definition) is 0. The molecule has 0 aliphatic heterocycles. The van der Waals surface area contributed by atoms with Crippen LogP contribution in [0.5, 0.6) is 11.5 Å². The van der Waals surface area contributed by atoms with Gasteiger partial charge >= 0.3 is 11.9 Å². The Hall–Kier alpha value is -8.82. The highest BCUT2D eigenvalue weighted by atomic mass is 32.1. The van der Waals surface area contributed by atoms with Crippen LogP contribution in [0.2, 0.25) is 0 Å². The van der Waals surface area contributed by atoms with E-state index in [0.29, 0.717) is 24.4 Å². The summed E-state index contributed by atoms with van der Waals surface area (Å²) >= 11 is 3.78. The van der Waals surface area contributed by atoms with Gasteiger partial charge in [-0.25, -0.2) is 9.59 Å². The Morgan fingerprint density at radius 1 is 0.264 bits per heavy atom. The maximum absolute atomic E-state index is 11.5. The Labute approximate surface area is 762 Å². The van der Waals surface area contributed by atoms with Crippen LogP contribution in [0, 0.1) is 13.8 Å². The summed E-state index contributed by atoms with van der Waals surface area (Å²) < 4.78 is 22.6. The molecule has 2 heterocycles. The minimum atomic E-state index is -0.279. The number of esters is 2. The van der Waals surface area contributed by atoms with Gasteiger partial charge in [0.25, 0.3) is 0 Å². The van der Waals surface area contributed by atoms with Crippen LogP contribution in [0.3, 0.4) is 0 Å². The first kappa shape index (κ1) is 95.3. The predicted octanol–water partition coefficient (Wildman–Crippen LogP) is 35.2. The van der Waals surface area contributed by atoms with Gasteiger partial charge in [-0.05, 0) is 289 Å². The fourth-order valence-corrected chi connectivity index (χ4v) is 22.7. The average Bonchev–Trinajstić information content (AvgIpc) is 1.54. The molecule has 0 radical (unpaired) electrons. The molecule has 13 rings (SSSR count). The minimum Gasteiger partial charge on any atom is -0.494 e. The smallest absolute Gasteiger partial charge is 0.333 e. The summed E-state index contributed by atoms with van der Waals surface area (Å²) in [7, 11) is 0. The zero-order valence-electron chi connectivity index (χ0n) is 78.2. The van der Waals surface area contributed by atoms with Crippen molar-refractivity contribution in [2.75, 3.05) is 26.4 Å². The molecule has 2 aromatic heterocycles. The van der Waals surface area contributed by atoms with Crippen LogP contribution in [0.25, 0.3) is 86.3 Å². The fourth-order valence-electron chi connectivity index (χ4n) is 20.7. The third-order valence-electron chi connectivity index (χ3n) is 27.2. The molecule has 0 fully saturated rings. The lowest BCUT2D eigenvalue weighted by Gasteiger charge is -2.34. The van der Waals surface area contributed by atoms with Gasteiger partial charge in [0.05, 0.1) is 26.4 Å². The van der Waals surface area contributed by atoms with Crippen molar-refractivity contribution in [1.29, 1.82) is 0 Å². The van der Waals surface area contributed by atoms with Crippen LogP contribution in [0.15, 0.2) is 206 Å². The van der Waals surface area contributed by atoms with E-state index in [0.717, 1.165) is 88.9 Å². The predicted molar refractivity (Wildman–Crippen MR) is 536 cm³/mol. The molecule has 0 amide bonds. The first-order valence-electron chi connectivity index (χ1n) is 49.2. The molecule has 3 aliphatic carbocycles. The zero-order chi connectivity index (χ0) is 88.0. The van der Waals surface area contributed by atoms with E-state index in [-0.39, 0.29) is 28.2 Å². The molecule has 8 aromatic carbocycles. The number of fused-ring (bicyclic) bond motifs is 9. The summed E-state index contributed by atoms with van der Waals surface area (Å²) in [5.74, 6) is 1.33. The quantitative estimate of drug-likeness (QED) is 0.0215. The largest absolute Gasteiger partial charge is 0.494 e. The van der Waals surface area contributed by atoms with Gasteiger partial charge < -0.3 is 18.9 Å². The summed E-state index contributed by atoms with van der Waals surface area (Å²) in [5, 5.41) is 0. The van der Waals surface area contributed by atoms with Crippen molar-refractivity contribution in [3.63, 3.8) is 0 Å². The van der Waals surface area contributed by atoms with Crippen molar-refractivity contribution < 1.29 is 28.5 Å². The molecule has 0 saturated carbocycles. The topological polar surface area (TPSA) is 71.1 Å². The number of aryl methyl sites for hydroxylation is 2. The van der Waals surface area contributed by atoms with Gasteiger partial charge in [0.15, 0.2) is 0 Å². The maximum Gasteiger partial charge on any atom is 0.333 e. The molecule has 125 heavy (non-hydrogen) atoms. The number of unbranched alkanes of at least 4 members (excludes halogenated alkanes) is 24. The van der Waals surface area contributed by atoms with Crippen molar-refractivity contribution in [2.24, 2.45) is 0 Å². The number of carbonyl (C=O) groups is 2. The van der Waals surface area contributed by atoms with Crippen LogP contribution in [0.1, 0.15) is 344 Å². The maximum atomic E-state index is 11.5. The van der Waals surface area contributed by atoms with Gasteiger partial charge in [-0.3, -0.25) is 0 Å². The highest BCUT2D eigenvalue weighted by Gasteiger charge is 2.46. The highest BCUT2D eigenvalue weighted by Crippen LogP contribution is 2.60. The van der Waals surface area contributed by atoms with E-state index in [4.69, 9.17) is 18.9 Å². The van der Waals surface area contributed by atoms with Crippen LogP contribution in [-0.2, 0) is 35.3 Å². The second kappa shape index (κ2) is 47.8. The molecular weight excluding hydrogens is 1570 g/mol. The number of carbonyl (C=O) groups excluding carboxylic acids is 2. The number of hydrogen-bond acceptors (Lipinski definition) is 8. The molecule has 6 nitrogen and oxygen atoms in total. The number of benzene rings is 8. The monoisotopic (exact) mass is 1710 g/mol. The minimum absolute atomic E-state index is 0.0229. The third-order valence-corrected chi connectivity index (χ3v) is 29.6. The lowest BCUT2D eigenvalue weighted by molar-refractivity contribution is -0.139. The van der Waals surface area contributed by atoms with Crippen LogP contribution < -0.4 is 9.47 Å². The number of ether oxygens (including phenoxy) is 4. The Bertz CT molecular complexity index is 5090. The second-order valence-corrected chi connectivity index (χ2v) is 39.2. The van der Waals surface area contributed by atoms with Gasteiger partial charge in [-0.2, -0.15) is 0 Å². The molecule has 0 unspecified atom stereocenters. The first-order valence-corrected chi connectivity index (χ1v) is 50.8. The van der Waals surface area contributed by atoms with E-state index in [2.05, 4.69) is 251 Å². The molecule has 0 saturated heterocycles. The van der Waals surface area contributed by atoms with Crippen molar-refractivity contribution in [2.45, 2.75) is 329 Å². The van der Waals surface area contributed by atoms with E-state index in [1.165, 1.54) is 299 Å². The van der Waals surface area contributed by atoms with Crippen LogP contribution in [-0.4, -0.2) is 38.4 Å². The van der Waals surface area contributed by atoms with E-state index < -0.39 is 0 Å². The molecule has 8 heteroatoms. The molecule has 0 atom stereocenters. The van der Waals surface area contributed by atoms with Crippen LogP contribution in [0.4, 0.5) is 0 Å². The normalized spacial score (nSPS) is 13.3. The van der Waals surface area contributed by atoms with Gasteiger partial charge in [0.1, 0.15) is 11.5 Å². The summed E-state index contributed by atoms with van der Waals surface area (Å²) in [6, 6.07) is 70.8. The highest BCUT2D eigenvalue weighted by molar-refractivity contribution is 7.19. The van der Waals surface area contributed by atoms with Gasteiger partial charge in [0, 0.05) is 46.9 Å². The summed E-state index contributed by atoms with van der Waals surface area (Å²) in [5.41, 5.74) is 29.7. The Kier molecular flexibility index (Phi) is 36.5. The summed E-state index contributed by atoms with van der Waals surface area (Å²) in [4.78, 5) is 28.1. The Morgan fingerprint density at radius 3 is 0.824 bits per heavy atom. The summed E-state index contributed by atoms with van der Waals surface area (Å²) in [6.45, 7) is 31.8. The van der Waals surface area contributed by atoms with Crippen LogP contribution >= 0.6 is 22.7 Å². The summed E-state index contributed by atoms with van der Waals surface area (Å²) in [6.07, 6.45) is 46.3. The average molecular weight is 1710 g/mol. The SMILES string of the molecule is C=C(C)C(=O)OCCCCCCCCCCOc1ccc(-c2ccc(-c3ccc4c(c3)C(CCC)(CCC)c3cc(-c5ccc6c(c5)C(CCCCCCCC)(CCCCCCCC)c5cc(C)ccc5-6)ccc3-4)s2)cc1.C=C(C)C(=O)OCCCCCCCCCCOc1ccc(-c2ccc(-c3ccc4c(c3)C(CCC)(CCC)c3cc(C)ccc3-4)s2)cc1. The molecule has 0 bridgehead atoms. The van der Waals surface area contributed by atoms with Gasteiger partial charge in [-0.15, -0.1) is 22.7 Å². The van der Waals surface area contributed by atoms with E-state index in [9.17, 15) is 9.59 Å². The molecule has 0 spiro atoms. The van der Waals surface area contributed by atoms with Crippen molar-refractivity contribution in [3.8, 4) is 97.8 Å². The fraction of sp³-hybridized carbons (Fsp3) is 0.470. The van der Waals surface area contributed by atoms with Crippen molar-refractivity contribution in [1.82, 2.24) is 0 Å². The van der Waals surface area contributed by atoms with E-state index in [1.54, 1.807) is 25.0 Å². The lowest BCUT2D eigenvalue weighted by atomic mass is 9.69. The lowest BCUT2D eigenvalue weighted by Crippen LogP contribution is -2.26. The first-order chi connectivity index (χ1) is 61.0. The Balaban J connectivity index is 0.000000254. The number of rotatable bonds is 53. The molecule has 664 valence electrons. The van der Waals surface area contributed by atoms with Gasteiger partial charge in [0.2, 0.25) is 0 Å². The molecule has 3 aliphatic rings. The van der Waals surface area contributed by atoms with Crippen molar-refractivity contribution >= 4 is 34.6 Å². The van der Waals surface area contributed by atoms with E-state index >= 15 is 0 Å². The standard InChI is InChI=1S/C73H94O3S.C44H54O3S/c1-8-12-14-16-22-26-46-73(47-27-23-17-15-13-9-2)65-50-55(7)30-38-61(65)62-39-33-58(52-67(62)73)57-34-40-63-64-41-35-59(53-68(64)72(44-10-3,45-11-4)66(63)51-57)70-43-42-69(77-70)56-31-36-60(37-32-56)75-48-28-24-20-18-19-21-25-29-49-76-71(74)54(5)6;1-6-26-44(27-7-2)39-30-33(5)16-22-37(39)38-23-19-35(31-40(38)44)42-25-24-41(48-42)34-17-20-36(21-18-34)46-28-14-12-10-8-9-11-13-15-29-47-43(45)32(3)4/h30-43,50-53H,5,8-29,44-49H2,1-4,6-7H3;16-25,30-31H,3,6-15,26-29H2,1-2,4-5H3. The zero-order valence-corrected chi connectivity index (χ0v) is 79.8. The Morgan fingerprint density at radius 2 is 0.512 bits per heavy atom. The molecule has 0 N–H and O–H groups in total. The molecular formula is C117H148O6S2. The number of thiophene rings is 2. The van der Waals surface area contributed by atoms with E-state index in [1.807, 2.05) is 22.7 Å². The van der Waals surface area contributed by atoms with Gasteiger partial charge in [-0.1, -0.05) is 331 Å². The third kappa shape index (κ3) is 24.1. The molecule has 10 aromatic rings.